The number of aryl methyl sites for hydroxylation is 1. The van der Waals surface area contributed by atoms with Crippen LogP contribution in [-0.4, -0.2) is 39.6 Å². The fourth-order valence-corrected chi connectivity index (χ4v) is 2.69. The lowest BCUT2D eigenvalue weighted by atomic mass is 9.76. The summed E-state index contributed by atoms with van der Waals surface area (Å²) >= 11 is 0. The van der Waals surface area contributed by atoms with Crippen molar-refractivity contribution in [3.8, 4) is 0 Å². The van der Waals surface area contributed by atoms with Gasteiger partial charge in [-0.05, 0) is 25.2 Å². The molecule has 6 heteroatoms. The smallest absolute Gasteiger partial charge is 0.326 e. The molecule has 1 aliphatic rings. The molecule has 104 valence electrons. The van der Waals surface area contributed by atoms with E-state index in [2.05, 4.69) is 5.16 Å². The van der Waals surface area contributed by atoms with Crippen molar-refractivity contribution in [1.29, 1.82) is 0 Å². The summed E-state index contributed by atoms with van der Waals surface area (Å²) in [6.07, 6.45) is 1.57. The van der Waals surface area contributed by atoms with Crippen molar-refractivity contribution < 1.29 is 19.2 Å². The van der Waals surface area contributed by atoms with Crippen molar-refractivity contribution in [2.45, 2.75) is 39.7 Å². The van der Waals surface area contributed by atoms with Crippen LogP contribution in [0.5, 0.6) is 0 Å². The predicted molar refractivity (Wildman–Crippen MR) is 66.7 cm³/mol. The van der Waals surface area contributed by atoms with Crippen LogP contribution in [0.3, 0.4) is 0 Å². The Hall–Kier alpha value is -1.85. The lowest BCUT2D eigenvalue weighted by molar-refractivity contribution is -0.148. The van der Waals surface area contributed by atoms with Gasteiger partial charge in [0.1, 0.15) is 11.8 Å². The van der Waals surface area contributed by atoms with Gasteiger partial charge in [-0.2, -0.15) is 0 Å². The van der Waals surface area contributed by atoms with Crippen LogP contribution in [0.4, 0.5) is 0 Å². The van der Waals surface area contributed by atoms with Crippen LogP contribution in [0.2, 0.25) is 0 Å². The number of rotatable bonds is 2. The number of carbonyl (C=O) groups excluding carboxylic acids is 1. The second-order valence-corrected chi connectivity index (χ2v) is 5.65. The van der Waals surface area contributed by atoms with E-state index < -0.39 is 17.4 Å². The SMILES string of the molecule is Cc1cc(C(=O)N2CCCC(C)(C)C2C(=O)O)no1. The van der Waals surface area contributed by atoms with Gasteiger partial charge in [-0.15, -0.1) is 0 Å². The van der Waals surface area contributed by atoms with Crippen molar-refractivity contribution >= 4 is 11.9 Å². The Balaban J connectivity index is 2.31. The van der Waals surface area contributed by atoms with Crippen molar-refractivity contribution in [3.63, 3.8) is 0 Å². The highest BCUT2D eigenvalue weighted by molar-refractivity contribution is 5.95. The van der Waals surface area contributed by atoms with Gasteiger partial charge < -0.3 is 14.5 Å². The van der Waals surface area contributed by atoms with Crippen LogP contribution < -0.4 is 0 Å². The molecule has 1 saturated heterocycles. The maximum atomic E-state index is 12.4. The molecule has 1 atom stereocenters. The van der Waals surface area contributed by atoms with Gasteiger partial charge in [0.2, 0.25) is 0 Å². The predicted octanol–water partition coefficient (Wildman–Crippen LogP) is 1.70. The first kappa shape index (κ1) is 13.6. The molecule has 1 amide bonds. The average Bonchev–Trinajstić information content (AvgIpc) is 2.72. The summed E-state index contributed by atoms with van der Waals surface area (Å²) < 4.78 is 4.88. The molecule has 1 unspecified atom stereocenters. The fraction of sp³-hybridized carbons (Fsp3) is 0.615. The van der Waals surface area contributed by atoms with Gasteiger partial charge in [-0.25, -0.2) is 4.79 Å². The summed E-state index contributed by atoms with van der Waals surface area (Å²) in [7, 11) is 0. The van der Waals surface area contributed by atoms with Crippen molar-refractivity contribution in [2.75, 3.05) is 6.54 Å². The van der Waals surface area contributed by atoms with E-state index in [0.29, 0.717) is 12.3 Å². The third kappa shape index (κ3) is 2.47. The van der Waals surface area contributed by atoms with Crippen LogP contribution in [0, 0.1) is 12.3 Å². The molecule has 1 fully saturated rings. The summed E-state index contributed by atoms with van der Waals surface area (Å²) in [5, 5.41) is 13.1. The Morgan fingerprint density at radius 1 is 1.53 bits per heavy atom. The highest BCUT2D eigenvalue weighted by Gasteiger charge is 2.45. The molecule has 0 spiro atoms. The Kier molecular flexibility index (Phi) is 3.34. The normalized spacial score (nSPS) is 22.3. The maximum absolute atomic E-state index is 12.4. The first-order chi connectivity index (χ1) is 8.83. The van der Waals surface area contributed by atoms with Gasteiger partial charge in [0.15, 0.2) is 5.69 Å². The van der Waals surface area contributed by atoms with Crippen molar-refractivity contribution in [2.24, 2.45) is 5.41 Å². The monoisotopic (exact) mass is 266 g/mol. The molecular weight excluding hydrogens is 248 g/mol. The standard InChI is InChI=1S/C13H18N2O4/c1-8-7-9(14-19-8)11(16)15-6-4-5-13(2,3)10(15)12(17)18/h7,10H,4-6H2,1-3H3,(H,17,18). The van der Waals surface area contributed by atoms with Gasteiger partial charge >= 0.3 is 5.97 Å². The molecular formula is C13H18N2O4. The molecule has 1 aromatic heterocycles. The minimum atomic E-state index is -0.974. The number of likely N-dealkylation sites (tertiary alicyclic amines) is 1. The highest BCUT2D eigenvalue weighted by atomic mass is 16.5. The van der Waals surface area contributed by atoms with Crippen molar-refractivity contribution in [3.05, 3.63) is 17.5 Å². The molecule has 1 aromatic rings. The number of amides is 1. The maximum Gasteiger partial charge on any atom is 0.326 e. The van der Waals surface area contributed by atoms with Crippen LogP contribution in [0.15, 0.2) is 10.6 Å². The second kappa shape index (κ2) is 4.68. The third-order valence-corrected chi connectivity index (χ3v) is 3.61. The Labute approximate surface area is 111 Å². The van der Waals surface area contributed by atoms with E-state index in [0.717, 1.165) is 12.8 Å². The summed E-state index contributed by atoms with van der Waals surface area (Å²) in [4.78, 5) is 25.2. The zero-order valence-corrected chi connectivity index (χ0v) is 11.3. The van der Waals surface area contributed by atoms with E-state index in [9.17, 15) is 14.7 Å². The van der Waals surface area contributed by atoms with Gasteiger partial charge in [-0.3, -0.25) is 4.79 Å². The summed E-state index contributed by atoms with van der Waals surface area (Å²) in [6.45, 7) is 5.88. The molecule has 19 heavy (non-hydrogen) atoms. The number of carbonyl (C=O) groups is 2. The summed E-state index contributed by atoms with van der Waals surface area (Å²) in [6, 6.07) is 0.703. The quantitative estimate of drug-likeness (QED) is 0.880. The zero-order valence-electron chi connectivity index (χ0n) is 11.3. The van der Waals surface area contributed by atoms with E-state index in [1.165, 1.54) is 11.0 Å². The van der Waals surface area contributed by atoms with Crippen LogP contribution >= 0.6 is 0 Å². The summed E-state index contributed by atoms with van der Waals surface area (Å²) in [5.74, 6) is -0.818. The fourth-order valence-electron chi connectivity index (χ4n) is 2.69. The number of aromatic nitrogens is 1. The number of hydrogen-bond donors (Lipinski definition) is 1. The molecule has 6 nitrogen and oxygen atoms in total. The first-order valence-corrected chi connectivity index (χ1v) is 6.30. The molecule has 0 saturated carbocycles. The number of nitrogens with zero attached hydrogens (tertiary/aromatic N) is 2. The Morgan fingerprint density at radius 3 is 2.74 bits per heavy atom. The zero-order chi connectivity index (χ0) is 14.2. The molecule has 2 heterocycles. The number of carboxylic acid groups (broad SMARTS) is 1. The summed E-state index contributed by atoms with van der Waals surface area (Å²) in [5.41, 5.74) is -0.278. The highest BCUT2D eigenvalue weighted by Crippen LogP contribution is 2.35. The molecule has 0 radical (unpaired) electrons. The number of aliphatic carboxylic acids is 1. The number of piperidine rings is 1. The number of hydrogen-bond acceptors (Lipinski definition) is 4. The van der Waals surface area contributed by atoms with E-state index in [1.54, 1.807) is 6.92 Å². The Bertz CT molecular complexity index is 506. The van der Waals surface area contributed by atoms with E-state index >= 15 is 0 Å². The van der Waals surface area contributed by atoms with Crippen LogP contribution in [0.25, 0.3) is 0 Å². The number of carboxylic acids is 1. The molecule has 0 bridgehead atoms. The van der Waals surface area contributed by atoms with Crippen molar-refractivity contribution in [1.82, 2.24) is 10.1 Å². The minimum Gasteiger partial charge on any atom is -0.480 e. The lowest BCUT2D eigenvalue weighted by Gasteiger charge is -2.43. The largest absolute Gasteiger partial charge is 0.480 e. The molecule has 1 N–H and O–H groups in total. The molecule has 2 rings (SSSR count). The average molecular weight is 266 g/mol. The second-order valence-electron chi connectivity index (χ2n) is 5.65. The first-order valence-electron chi connectivity index (χ1n) is 6.30. The van der Waals surface area contributed by atoms with Gasteiger partial charge in [0, 0.05) is 12.6 Å². The van der Waals surface area contributed by atoms with Gasteiger partial charge in [0.05, 0.1) is 0 Å². The van der Waals surface area contributed by atoms with E-state index in [4.69, 9.17) is 4.52 Å². The van der Waals surface area contributed by atoms with Gasteiger partial charge in [0.25, 0.3) is 5.91 Å². The van der Waals surface area contributed by atoms with Gasteiger partial charge in [-0.1, -0.05) is 19.0 Å². The Morgan fingerprint density at radius 2 is 2.21 bits per heavy atom. The van der Waals surface area contributed by atoms with Crippen LogP contribution in [0.1, 0.15) is 42.9 Å². The molecule has 1 aliphatic heterocycles. The molecule has 0 aliphatic carbocycles. The van der Waals surface area contributed by atoms with E-state index in [1.807, 2.05) is 13.8 Å². The lowest BCUT2D eigenvalue weighted by Crippen LogP contribution is -2.56. The molecule has 0 aromatic carbocycles. The third-order valence-electron chi connectivity index (χ3n) is 3.61. The minimum absolute atomic E-state index is 0.168. The van der Waals surface area contributed by atoms with E-state index in [-0.39, 0.29) is 11.6 Å². The topological polar surface area (TPSA) is 83.6 Å². The van der Waals surface area contributed by atoms with Crippen LogP contribution in [-0.2, 0) is 4.79 Å².